The highest BCUT2D eigenvalue weighted by Crippen LogP contribution is 2.37. The maximum atomic E-state index is 13.9. The largest absolute Gasteiger partial charge is 0.417 e. The van der Waals surface area contributed by atoms with E-state index >= 15 is 0 Å². The highest BCUT2D eigenvalue weighted by molar-refractivity contribution is 9.10. The van der Waals surface area contributed by atoms with E-state index < -0.39 is 11.7 Å². The van der Waals surface area contributed by atoms with E-state index in [1.165, 1.54) is 35.5 Å². The average molecular weight is 593 g/mol. The summed E-state index contributed by atoms with van der Waals surface area (Å²) in [6, 6.07) is 4.36. The van der Waals surface area contributed by atoms with Crippen LogP contribution in [-0.4, -0.2) is 78.9 Å². The number of alkyl halides is 3. The van der Waals surface area contributed by atoms with Gasteiger partial charge in [0.2, 0.25) is 0 Å². The molecule has 8 nitrogen and oxygen atoms in total. The number of aliphatic hydroxyl groups excluding tert-OH is 1. The van der Waals surface area contributed by atoms with E-state index in [1.807, 2.05) is 0 Å². The zero-order chi connectivity index (χ0) is 27.0. The van der Waals surface area contributed by atoms with Crippen LogP contribution >= 0.6 is 15.9 Å². The molecule has 5 rings (SSSR count). The molecule has 2 aliphatic rings. The molecular weight excluding hydrogens is 565 g/mol. The summed E-state index contributed by atoms with van der Waals surface area (Å²) in [6.45, 7) is 3.88. The number of amides is 1. The number of piperidine rings is 1. The molecule has 202 valence electrons. The molecule has 0 aliphatic carbocycles. The Bertz CT molecular complexity index is 1310. The SMILES string of the molecule is Cc1c(C(=O)N2CCC(N3CCC[C@H]3CO)CC2)c(-c2cncnc2)nn1-c1ccc(Br)c(C(F)(F)F)c1. The summed E-state index contributed by atoms with van der Waals surface area (Å²) in [5.41, 5.74) is 0.955. The molecule has 1 amide bonds. The monoisotopic (exact) mass is 592 g/mol. The lowest BCUT2D eigenvalue weighted by Crippen LogP contribution is -2.49. The first kappa shape index (κ1) is 26.8. The summed E-state index contributed by atoms with van der Waals surface area (Å²) in [5, 5.41) is 14.3. The summed E-state index contributed by atoms with van der Waals surface area (Å²) in [4.78, 5) is 26.1. The van der Waals surface area contributed by atoms with Crippen LogP contribution in [0.2, 0.25) is 0 Å². The summed E-state index contributed by atoms with van der Waals surface area (Å²) in [6.07, 6.45) is 3.52. The lowest BCUT2D eigenvalue weighted by molar-refractivity contribution is -0.138. The van der Waals surface area contributed by atoms with Gasteiger partial charge >= 0.3 is 6.18 Å². The Morgan fingerprint density at radius 2 is 1.84 bits per heavy atom. The molecule has 2 saturated heterocycles. The summed E-state index contributed by atoms with van der Waals surface area (Å²) >= 11 is 2.98. The zero-order valence-electron chi connectivity index (χ0n) is 20.8. The Kier molecular flexibility index (Phi) is 7.56. The standard InChI is InChI=1S/C26H28BrF3N6O2/c1-16-23(25(38)34-9-6-18(7-10-34)35-8-2-3-20(35)14-37)24(17-12-31-15-32-13-17)33-36(16)19-4-5-22(27)21(11-19)26(28,29)30/h4-5,11-13,15,18,20,37H,2-3,6-10,14H2,1H3/t20-/m0/s1. The van der Waals surface area contributed by atoms with Gasteiger partial charge in [-0.2, -0.15) is 18.3 Å². The first-order valence-corrected chi connectivity index (χ1v) is 13.4. The molecule has 1 atom stereocenters. The number of aliphatic hydroxyl groups is 1. The topological polar surface area (TPSA) is 87.4 Å². The molecule has 1 N–H and O–H groups in total. The molecule has 2 aliphatic heterocycles. The highest BCUT2D eigenvalue weighted by atomic mass is 79.9. The molecule has 0 spiro atoms. The molecule has 38 heavy (non-hydrogen) atoms. The minimum Gasteiger partial charge on any atom is -0.395 e. The molecular formula is C26H28BrF3N6O2. The maximum Gasteiger partial charge on any atom is 0.417 e. The molecule has 3 aromatic rings. The van der Waals surface area contributed by atoms with E-state index in [0.717, 1.165) is 38.3 Å². The van der Waals surface area contributed by atoms with Crippen LogP contribution in [0.5, 0.6) is 0 Å². The molecule has 1 aromatic carbocycles. The number of benzene rings is 1. The van der Waals surface area contributed by atoms with Crippen molar-refractivity contribution in [3.05, 3.63) is 58.2 Å². The minimum absolute atomic E-state index is 0.0733. The Morgan fingerprint density at radius 1 is 1.13 bits per heavy atom. The predicted molar refractivity (Wildman–Crippen MR) is 138 cm³/mol. The third-order valence-corrected chi connectivity index (χ3v) is 8.21. The van der Waals surface area contributed by atoms with Gasteiger partial charge in [-0.3, -0.25) is 9.69 Å². The minimum atomic E-state index is -4.56. The van der Waals surface area contributed by atoms with Crippen molar-refractivity contribution in [2.75, 3.05) is 26.2 Å². The van der Waals surface area contributed by atoms with Crippen molar-refractivity contribution in [1.29, 1.82) is 0 Å². The number of hydrogen-bond donors (Lipinski definition) is 1. The fourth-order valence-electron chi connectivity index (χ4n) is 5.59. The van der Waals surface area contributed by atoms with E-state index in [2.05, 4.69) is 35.9 Å². The van der Waals surface area contributed by atoms with E-state index in [4.69, 9.17) is 0 Å². The van der Waals surface area contributed by atoms with Gasteiger partial charge in [-0.05, 0) is 57.4 Å². The van der Waals surface area contributed by atoms with Crippen molar-refractivity contribution in [1.82, 2.24) is 29.5 Å². The van der Waals surface area contributed by atoms with Crippen molar-refractivity contribution in [3.8, 4) is 16.9 Å². The van der Waals surface area contributed by atoms with Gasteiger partial charge in [0.05, 0.1) is 29.1 Å². The van der Waals surface area contributed by atoms with Crippen LogP contribution in [0.3, 0.4) is 0 Å². The molecule has 2 fully saturated rings. The number of carbonyl (C=O) groups is 1. The highest BCUT2D eigenvalue weighted by Gasteiger charge is 2.36. The molecule has 0 unspecified atom stereocenters. The fourth-order valence-corrected chi connectivity index (χ4v) is 6.06. The Balaban J connectivity index is 1.48. The maximum absolute atomic E-state index is 13.9. The third-order valence-electron chi connectivity index (χ3n) is 7.52. The second-order valence-corrected chi connectivity index (χ2v) is 10.6. The molecule has 4 heterocycles. The fraction of sp³-hybridized carbons (Fsp3) is 0.462. The van der Waals surface area contributed by atoms with Crippen molar-refractivity contribution in [2.24, 2.45) is 0 Å². The van der Waals surface area contributed by atoms with Gasteiger partial charge in [0.1, 0.15) is 12.0 Å². The van der Waals surface area contributed by atoms with Crippen LogP contribution in [0.1, 0.15) is 47.3 Å². The van der Waals surface area contributed by atoms with Crippen molar-refractivity contribution in [3.63, 3.8) is 0 Å². The van der Waals surface area contributed by atoms with Crippen molar-refractivity contribution in [2.45, 2.75) is 50.9 Å². The van der Waals surface area contributed by atoms with E-state index in [9.17, 15) is 23.1 Å². The smallest absolute Gasteiger partial charge is 0.395 e. The first-order valence-electron chi connectivity index (χ1n) is 12.6. The Labute approximate surface area is 226 Å². The van der Waals surface area contributed by atoms with Gasteiger partial charge in [-0.25, -0.2) is 14.6 Å². The van der Waals surface area contributed by atoms with Crippen LogP contribution in [0.4, 0.5) is 13.2 Å². The van der Waals surface area contributed by atoms with Gasteiger partial charge in [0, 0.05) is 47.6 Å². The summed E-state index contributed by atoms with van der Waals surface area (Å²) in [5.74, 6) is -0.223. The lowest BCUT2D eigenvalue weighted by Gasteiger charge is -2.39. The predicted octanol–water partition coefficient (Wildman–Crippen LogP) is 4.48. The van der Waals surface area contributed by atoms with Crippen LogP contribution < -0.4 is 0 Å². The second-order valence-electron chi connectivity index (χ2n) is 9.75. The van der Waals surface area contributed by atoms with Crippen molar-refractivity contribution >= 4 is 21.8 Å². The molecule has 12 heteroatoms. The van der Waals surface area contributed by atoms with Gasteiger partial charge < -0.3 is 10.0 Å². The Morgan fingerprint density at radius 3 is 2.50 bits per heavy atom. The normalized spacial score (nSPS) is 19.3. The lowest BCUT2D eigenvalue weighted by atomic mass is 10.00. The summed E-state index contributed by atoms with van der Waals surface area (Å²) < 4.78 is 42.1. The van der Waals surface area contributed by atoms with Gasteiger partial charge in [-0.15, -0.1) is 0 Å². The zero-order valence-corrected chi connectivity index (χ0v) is 22.4. The van der Waals surface area contributed by atoms with Gasteiger partial charge in [0.25, 0.3) is 5.91 Å². The van der Waals surface area contributed by atoms with Crippen molar-refractivity contribution < 1.29 is 23.1 Å². The Hall–Kier alpha value is -2.83. The quantitative estimate of drug-likeness (QED) is 0.470. The van der Waals surface area contributed by atoms with Gasteiger partial charge in [-0.1, -0.05) is 15.9 Å². The van der Waals surface area contributed by atoms with Gasteiger partial charge in [0.15, 0.2) is 0 Å². The number of carbonyl (C=O) groups excluding carboxylic acids is 1. The number of rotatable bonds is 5. The van der Waals surface area contributed by atoms with E-state index in [1.54, 1.807) is 11.8 Å². The van der Waals surface area contributed by atoms with E-state index in [0.29, 0.717) is 41.6 Å². The van der Waals surface area contributed by atoms with E-state index in [-0.39, 0.29) is 28.7 Å². The molecule has 0 bridgehead atoms. The molecule has 2 aromatic heterocycles. The number of halogens is 4. The number of nitrogens with zero attached hydrogens (tertiary/aromatic N) is 6. The van der Waals surface area contributed by atoms with Crippen LogP contribution in [-0.2, 0) is 6.18 Å². The second kappa shape index (κ2) is 10.7. The molecule has 0 radical (unpaired) electrons. The third kappa shape index (κ3) is 5.08. The first-order chi connectivity index (χ1) is 18.2. The number of likely N-dealkylation sites (tertiary alicyclic amines) is 2. The number of hydrogen-bond acceptors (Lipinski definition) is 6. The van der Waals surface area contributed by atoms with Crippen LogP contribution in [0.15, 0.2) is 41.4 Å². The summed E-state index contributed by atoms with van der Waals surface area (Å²) in [7, 11) is 0. The average Bonchev–Trinajstić information content (AvgIpc) is 3.53. The van der Waals surface area contributed by atoms with Crippen LogP contribution in [0, 0.1) is 6.92 Å². The number of aromatic nitrogens is 4. The molecule has 0 saturated carbocycles. The van der Waals surface area contributed by atoms with Crippen LogP contribution in [0.25, 0.3) is 16.9 Å².